The van der Waals surface area contributed by atoms with Crippen molar-refractivity contribution in [3.8, 4) is 0 Å². The first-order valence-electron chi connectivity index (χ1n) is 7.65. The van der Waals surface area contributed by atoms with Gasteiger partial charge in [-0.25, -0.2) is 16.8 Å². The van der Waals surface area contributed by atoms with Gasteiger partial charge >= 0.3 is 0 Å². The molecule has 0 rings (SSSR count). The van der Waals surface area contributed by atoms with Crippen LogP contribution in [-0.2, 0) is 24.6 Å². The summed E-state index contributed by atoms with van der Waals surface area (Å²) in [5.74, 6) is -0.213. The number of sulfone groups is 1. The predicted molar refractivity (Wildman–Crippen MR) is 94.8 cm³/mol. The molecule has 0 saturated heterocycles. The summed E-state index contributed by atoms with van der Waals surface area (Å²) < 4.78 is 54.8. The van der Waals surface area contributed by atoms with Gasteiger partial charge in [-0.05, 0) is 33.1 Å². The number of nitrogens with zero attached hydrogens (tertiary/aromatic N) is 1. The molecule has 0 amide bonds. The first-order chi connectivity index (χ1) is 9.84. The molecule has 0 fully saturated rings. The van der Waals surface area contributed by atoms with Gasteiger partial charge in [0.1, 0.15) is 9.84 Å². The van der Waals surface area contributed by atoms with Crippen molar-refractivity contribution in [3.63, 3.8) is 0 Å². The number of hydrogen-bond donors (Lipinski definition) is 0. The molecule has 0 aliphatic carbocycles. The average Bonchev–Trinajstić information content (AvgIpc) is 2.18. The molecule has 0 radical (unpaired) electrons. The minimum Gasteiger partial charge on any atom is -0.372 e. The molecule has 0 aromatic carbocycles. The molecule has 2 atom stereocenters. The van der Waals surface area contributed by atoms with Crippen LogP contribution in [0.1, 0.15) is 48.5 Å². The minimum absolute atomic E-state index is 0.00975. The molecule has 0 aromatic heterocycles. The second-order valence-electron chi connectivity index (χ2n) is 8.32. The third kappa shape index (κ3) is 9.02. The molecule has 0 aliphatic rings. The summed E-state index contributed by atoms with van der Waals surface area (Å²) in [7, 11) is -6.78. The first-order valence-corrected chi connectivity index (χ1v) is 11.6. The highest BCUT2D eigenvalue weighted by Crippen LogP contribution is 2.25. The van der Waals surface area contributed by atoms with Crippen LogP contribution in [0.2, 0.25) is 0 Å². The third-order valence-electron chi connectivity index (χ3n) is 3.62. The summed E-state index contributed by atoms with van der Waals surface area (Å²) in [6.07, 6.45) is 1.33. The highest BCUT2D eigenvalue weighted by molar-refractivity contribution is 7.90. The summed E-state index contributed by atoms with van der Waals surface area (Å²) in [5.41, 5.74) is -0.828. The fourth-order valence-electron chi connectivity index (χ4n) is 2.06. The van der Waals surface area contributed by atoms with E-state index >= 15 is 0 Å². The lowest BCUT2D eigenvalue weighted by atomic mass is 9.90. The van der Waals surface area contributed by atoms with Crippen LogP contribution >= 0.6 is 0 Å². The predicted octanol–water partition coefficient (Wildman–Crippen LogP) is 1.91. The average molecular weight is 372 g/mol. The second-order valence-corrected chi connectivity index (χ2v) is 12.4. The van der Waals surface area contributed by atoms with E-state index in [1.165, 1.54) is 4.31 Å². The maximum atomic E-state index is 12.1. The van der Waals surface area contributed by atoms with Gasteiger partial charge in [-0.1, -0.05) is 20.8 Å². The minimum atomic E-state index is -3.49. The van der Waals surface area contributed by atoms with E-state index in [4.69, 9.17) is 4.74 Å². The fraction of sp³-hybridized carbons (Fsp3) is 1.00. The van der Waals surface area contributed by atoms with Gasteiger partial charge < -0.3 is 4.74 Å². The van der Waals surface area contributed by atoms with Gasteiger partial charge in [0.25, 0.3) is 0 Å². The zero-order valence-corrected chi connectivity index (χ0v) is 17.5. The summed E-state index contributed by atoms with van der Waals surface area (Å²) in [6, 6.07) is 0. The van der Waals surface area contributed by atoms with Crippen molar-refractivity contribution in [2.24, 2.45) is 5.41 Å². The van der Waals surface area contributed by atoms with E-state index < -0.39 is 31.5 Å². The van der Waals surface area contributed by atoms with Gasteiger partial charge in [-0.15, -0.1) is 0 Å². The van der Waals surface area contributed by atoms with Crippen LogP contribution in [-0.4, -0.2) is 63.7 Å². The monoisotopic (exact) mass is 371 g/mol. The Kier molecular flexibility index (Phi) is 7.31. The molecule has 8 heteroatoms. The van der Waals surface area contributed by atoms with Crippen molar-refractivity contribution in [1.29, 1.82) is 0 Å². The van der Waals surface area contributed by atoms with E-state index in [1.54, 1.807) is 20.8 Å². The molecule has 0 unspecified atom stereocenters. The van der Waals surface area contributed by atoms with Crippen LogP contribution in [0.3, 0.4) is 0 Å². The largest absolute Gasteiger partial charge is 0.372 e. The van der Waals surface area contributed by atoms with Crippen molar-refractivity contribution < 1.29 is 21.6 Å². The van der Waals surface area contributed by atoms with E-state index in [0.29, 0.717) is 0 Å². The zero-order chi connectivity index (χ0) is 18.9. The molecule has 0 aromatic rings. The Morgan fingerprint density at radius 1 is 0.957 bits per heavy atom. The Morgan fingerprint density at radius 2 is 1.39 bits per heavy atom. The molecule has 0 spiro atoms. The van der Waals surface area contributed by atoms with Crippen molar-refractivity contribution in [3.05, 3.63) is 0 Å². The molecule has 6 nitrogen and oxygen atoms in total. The Balaban J connectivity index is 5.52. The van der Waals surface area contributed by atoms with Gasteiger partial charge in [0.2, 0.25) is 10.0 Å². The summed E-state index contributed by atoms with van der Waals surface area (Å²) in [5, 5.41) is 0. The first kappa shape index (κ1) is 22.8. The summed E-state index contributed by atoms with van der Waals surface area (Å²) in [4.78, 5) is 0. The highest BCUT2D eigenvalue weighted by atomic mass is 32.2. The van der Waals surface area contributed by atoms with E-state index in [-0.39, 0.29) is 23.8 Å². The number of rotatable bonds is 7. The zero-order valence-electron chi connectivity index (χ0n) is 15.9. The Hall–Kier alpha value is -0.180. The Bertz CT molecular complexity index is 582. The van der Waals surface area contributed by atoms with Crippen molar-refractivity contribution in [1.82, 2.24) is 4.31 Å². The van der Waals surface area contributed by atoms with Crippen LogP contribution in [0.25, 0.3) is 0 Å². The number of ether oxygens (including phenoxy) is 1. The van der Waals surface area contributed by atoms with Crippen molar-refractivity contribution in [2.75, 3.05) is 24.8 Å². The van der Waals surface area contributed by atoms with E-state index in [1.807, 2.05) is 27.7 Å². The maximum absolute atomic E-state index is 12.1. The summed E-state index contributed by atoms with van der Waals surface area (Å²) in [6.45, 7) is 13.2. The smallest absolute Gasteiger partial charge is 0.211 e. The molecule has 0 bridgehead atoms. The molecule has 140 valence electrons. The lowest BCUT2D eigenvalue weighted by Gasteiger charge is -2.38. The SMILES string of the molecule is C[C@@H](O[C@@H](CN(C(C)(C)C)S(C)(=O)=O)CS(C)(=O)=O)C(C)(C)C. The number of sulfonamides is 1. The third-order valence-corrected chi connectivity index (χ3v) is 6.10. The molecule has 0 N–H and O–H groups in total. The molecule has 0 aliphatic heterocycles. The van der Waals surface area contributed by atoms with Gasteiger partial charge in [-0.2, -0.15) is 4.31 Å². The van der Waals surface area contributed by atoms with E-state index in [9.17, 15) is 16.8 Å². The molecule has 23 heavy (non-hydrogen) atoms. The van der Waals surface area contributed by atoms with Gasteiger partial charge in [0.15, 0.2) is 0 Å². The molecular formula is C15H33NO5S2. The molecule has 0 heterocycles. The van der Waals surface area contributed by atoms with Crippen LogP contribution in [0.15, 0.2) is 0 Å². The van der Waals surface area contributed by atoms with Crippen LogP contribution < -0.4 is 0 Å². The van der Waals surface area contributed by atoms with Crippen molar-refractivity contribution in [2.45, 2.75) is 66.2 Å². The highest BCUT2D eigenvalue weighted by Gasteiger charge is 2.35. The van der Waals surface area contributed by atoms with E-state index in [0.717, 1.165) is 12.5 Å². The molecular weight excluding hydrogens is 338 g/mol. The Labute approximate surface area is 142 Å². The van der Waals surface area contributed by atoms with Gasteiger partial charge in [-0.3, -0.25) is 0 Å². The normalized spacial score (nSPS) is 17.3. The van der Waals surface area contributed by atoms with Gasteiger partial charge in [0, 0.05) is 18.3 Å². The van der Waals surface area contributed by atoms with E-state index in [2.05, 4.69) is 0 Å². The van der Waals surface area contributed by atoms with Crippen LogP contribution in [0.4, 0.5) is 0 Å². The summed E-state index contributed by atoms with van der Waals surface area (Å²) >= 11 is 0. The second kappa shape index (κ2) is 7.37. The number of hydrogen-bond acceptors (Lipinski definition) is 5. The lowest BCUT2D eigenvalue weighted by molar-refractivity contribution is -0.0555. The lowest BCUT2D eigenvalue weighted by Crippen LogP contribution is -2.51. The fourth-order valence-corrected chi connectivity index (χ4v) is 4.35. The van der Waals surface area contributed by atoms with Crippen LogP contribution in [0.5, 0.6) is 0 Å². The Morgan fingerprint density at radius 3 is 1.65 bits per heavy atom. The maximum Gasteiger partial charge on any atom is 0.211 e. The standard InChI is InChI=1S/C15H33NO5S2/c1-12(14(2,3)4)21-13(11-22(8,17)18)10-16(15(5,6)7)23(9,19)20/h12-13H,10-11H2,1-9H3/t12-,13+/m1/s1. The topological polar surface area (TPSA) is 80.8 Å². The molecule has 0 saturated carbocycles. The van der Waals surface area contributed by atoms with Crippen molar-refractivity contribution >= 4 is 19.9 Å². The quantitative estimate of drug-likeness (QED) is 0.683. The van der Waals surface area contributed by atoms with Crippen LogP contribution in [0, 0.1) is 5.41 Å². The van der Waals surface area contributed by atoms with Gasteiger partial charge in [0.05, 0.1) is 24.2 Å².